The Balaban J connectivity index is 1.81. The van der Waals surface area contributed by atoms with Gasteiger partial charge < -0.3 is 33.5 Å². The van der Waals surface area contributed by atoms with Crippen LogP contribution in [0.2, 0.25) is 0 Å². The number of carbonyl (C=O) groups is 2. The van der Waals surface area contributed by atoms with Gasteiger partial charge in [-0.3, -0.25) is 9.59 Å². The number of benzene rings is 3. The molecule has 0 aliphatic carbocycles. The molecule has 1 heterocycles. The van der Waals surface area contributed by atoms with Crippen LogP contribution in [0.15, 0.2) is 54.6 Å². The average Bonchev–Trinajstić information content (AvgIpc) is 3.39. The molecular formula is C28H28O9. The van der Waals surface area contributed by atoms with Gasteiger partial charge in [0.05, 0.1) is 34.4 Å². The minimum absolute atomic E-state index is 0.0518. The van der Waals surface area contributed by atoms with Crippen molar-refractivity contribution in [2.45, 2.75) is 12.3 Å². The van der Waals surface area contributed by atoms with Crippen molar-refractivity contribution in [3.63, 3.8) is 0 Å². The van der Waals surface area contributed by atoms with E-state index in [0.717, 1.165) is 0 Å². The second-order valence-corrected chi connectivity index (χ2v) is 8.37. The molecule has 0 saturated carbocycles. The second-order valence-electron chi connectivity index (χ2n) is 8.37. The minimum atomic E-state index is -1.18. The number of fused-ring (bicyclic) bond motifs is 1. The van der Waals surface area contributed by atoms with Gasteiger partial charge in [0.15, 0.2) is 28.8 Å². The standard InChI is InChI=1S/C28H28O9/c1-32-19-8-5-17(6-9-19)26(29)20(11-16-12-23(33-2)27(35-4)24(13-16)34-3)25(28(30)31)18-7-10-21-22(14-18)37-15-36-21/h5-10,12-14,20,25H,11,15H2,1-4H3,(H,30,31). The number of Topliss-reactive ketones (excluding diaryl/α,β-unsaturated/α-hetero) is 1. The molecule has 0 spiro atoms. The number of carbonyl (C=O) groups excluding carboxylic acids is 1. The summed E-state index contributed by atoms with van der Waals surface area (Å²) in [6.45, 7) is 0.0518. The van der Waals surface area contributed by atoms with E-state index in [-0.39, 0.29) is 19.0 Å². The molecule has 9 nitrogen and oxygen atoms in total. The summed E-state index contributed by atoms with van der Waals surface area (Å²) in [7, 11) is 6.02. The van der Waals surface area contributed by atoms with E-state index in [1.807, 2.05) is 0 Å². The van der Waals surface area contributed by atoms with Crippen molar-refractivity contribution in [1.82, 2.24) is 0 Å². The van der Waals surface area contributed by atoms with E-state index in [2.05, 4.69) is 0 Å². The molecule has 9 heteroatoms. The summed E-state index contributed by atoms with van der Waals surface area (Å²) in [6.07, 6.45) is 0.0903. The maximum atomic E-state index is 13.9. The molecule has 1 aliphatic rings. The summed E-state index contributed by atoms with van der Waals surface area (Å²) in [5, 5.41) is 10.4. The van der Waals surface area contributed by atoms with Crippen LogP contribution in [0.4, 0.5) is 0 Å². The minimum Gasteiger partial charge on any atom is -0.497 e. The number of ketones is 1. The maximum absolute atomic E-state index is 13.9. The molecule has 1 aliphatic heterocycles. The Kier molecular flexibility index (Phi) is 7.71. The van der Waals surface area contributed by atoms with E-state index in [0.29, 0.717) is 51.2 Å². The molecule has 0 saturated heterocycles. The highest BCUT2D eigenvalue weighted by Crippen LogP contribution is 2.42. The monoisotopic (exact) mass is 508 g/mol. The first-order valence-corrected chi connectivity index (χ1v) is 11.5. The number of ether oxygens (including phenoxy) is 6. The zero-order valence-corrected chi connectivity index (χ0v) is 21.0. The lowest BCUT2D eigenvalue weighted by Gasteiger charge is -2.25. The van der Waals surface area contributed by atoms with Gasteiger partial charge in [0, 0.05) is 11.5 Å². The average molecular weight is 509 g/mol. The molecule has 194 valence electrons. The molecular weight excluding hydrogens is 480 g/mol. The summed E-state index contributed by atoms with van der Waals surface area (Å²) in [6, 6.07) is 14.9. The van der Waals surface area contributed by atoms with E-state index < -0.39 is 17.8 Å². The summed E-state index contributed by atoms with van der Waals surface area (Å²) in [5.74, 6) is -0.870. The van der Waals surface area contributed by atoms with E-state index in [1.54, 1.807) is 54.6 Å². The largest absolute Gasteiger partial charge is 0.497 e. The Morgan fingerprint density at radius 3 is 2.05 bits per heavy atom. The maximum Gasteiger partial charge on any atom is 0.311 e. The van der Waals surface area contributed by atoms with Crippen LogP contribution in [0.5, 0.6) is 34.5 Å². The predicted molar refractivity (Wildman–Crippen MR) is 134 cm³/mol. The Morgan fingerprint density at radius 2 is 1.49 bits per heavy atom. The summed E-state index contributed by atoms with van der Waals surface area (Å²) < 4.78 is 32.4. The van der Waals surface area contributed by atoms with Gasteiger partial charge in [0.2, 0.25) is 12.5 Å². The fourth-order valence-corrected chi connectivity index (χ4v) is 4.49. The first kappa shape index (κ1) is 25.7. The highest BCUT2D eigenvalue weighted by molar-refractivity contribution is 6.01. The van der Waals surface area contributed by atoms with Crippen LogP contribution >= 0.6 is 0 Å². The molecule has 0 aromatic heterocycles. The van der Waals surface area contributed by atoms with Gasteiger partial charge in [0.25, 0.3) is 0 Å². The first-order chi connectivity index (χ1) is 17.9. The van der Waals surface area contributed by atoms with Crippen molar-refractivity contribution in [3.8, 4) is 34.5 Å². The molecule has 1 N–H and O–H groups in total. The lowest BCUT2D eigenvalue weighted by Crippen LogP contribution is -2.30. The zero-order valence-electron chi connectivity index (χ0n) is 21.0. The number of aliphatic carboxylic acids is 1. The Labute approximate surface area is 214 Å². The quantitative estimate of drug-likeness (QED) is 0.378. The predicted octanol–water partition coefficient (Wildman–Crippen LogP) is 4.36. The van der Waals surface area contributed by atoms with Crippen molar-refractivity contribution < 1.29 is 43.1 Å². The third kappa shape index (κ3) is 5.25. The smallest absolute Gasteiger partial charge is 0.311 e. The lowest BCUT2D eigenvalue weighted by atomic mass is 9.77. The summed E-state index contributed by atoms with van der Waals surface area (Å²) in [5.41, 5.74) is 1.44. The molecule has 37 heavy (non-hydrogen) atoms. The van der Waals surface area contributed by atoms with Crippen LogP contribution in [0.3, 0.4) is 0 Å². The van der Waals surface area contributed by atoms with Crippen molar-refractivity contribution in [3.05, 3.63) is 71.3 Å². The van der Waals surface area contributed by atoms with Gasteiger partial charge in [-0.25, -0.2) is 0 Å². The zero-order chi connectivity index (χ0) is 26.5. The van der Waals surface area contributed by atoms with E-state index in [4.69, 9.17) is 28.4 Å². The molecule has 0 amide bonds. The Hall–Kier alpha value is -4.40. The van der Waals surface area contributed by atoms with Crippen molar-refractivity contribution in [2.75, 3.05) is 35.2 Å². The number of hydrogen-bond donors (Lipinski definition) is 1. The summed E-state index contributed by atoms with van der Waals surface area (Å²) in [4.78, 5) is 26.6. The third-order valence-corrected chi connectivity index (χ3v) is 6.32. The van der Waals surface area contributed by atoms with Gasteiger partial charge in [0.1, 0.15) is 5.75 Å². The van der Waals surface area contributed by atoms with Crippen LogP contribution in [-0.4, -0.2) is 52.1 Å². The highest BCUT2D eigenvalue weighted by atomic mass is 16.7. The highest BCUT2D eigenvalue weighted by Gasteiger charge is 2.37. The van der Waals surface area contributed by atoms with Crippen molar-refractivity contribution >= 4 is 11.8 Å². The number of carboxylic acids is 1. The SMILES string of the molecule is COc1ccc(C(=O)C(Cc2cc(OC)c(OC)c(OC)c2)C(C(=O)O)c2ccc3c(c2)OCO3)cc1. The van der Waals surface area contributed by atoms with Crippen molar-refractivity contribution in [2.24, 2.45) is 5.92 Å². The molecule has 3 aromatic rings. The van der Waals surface area contributed by atoms with Crippen LogP contribution in [0.25, 0.3) is 0 Å². The van der Waals surface area contributed by atoms with Crippen LogP contribution in [-0.2, 0) is 11.2 Å². The topological polar surface area (TPSA) is 110 Å². The molecule has 0 bridgehead atoms. The molecule has 4 rings (SSSR count). The normalized spacial score (nSPS) is 13.4. The van der Waals surface area contributed by atoms with Crippen LogP contribution < -0.4 is 28.4 Å². The van der Waals surface area contributed by atoms with Crippen LogP contribution in [0, 0.1) is 5.92 Å². The van der Waals surface area contributed by atoms with E-state index >= 15 is 0 Å². The second kappa shape index (κ2) is 11.1. The van der Waals surface area contributed by atoms with Gasteiger partial charge in [-0.05, 0) is 66.1 Å². The third-order valence-electron chi connectivity index (χ3n) is 6.32. The van der Waals surface area contributed by atoms with Gasteiger partial charge in [-0.1, -0.05) is 6.07 Å². The van der Waals surface area contributed by atoms with E-state index in [1.165, 1.54) is 28.4 Å². The Morgan fingerprint density at radius 1 is 0.838 bits per heavy atom. The number of hydrogen-bond acceptors (Lipinski definition) is 8. The summed E-state index contributed by atoms with van der Waals surface area (Å²) >= 11 is 0. The number of rotatable bonds is 11. The molecule has 2 atom stereocenters. The molecule has 3 aromatic carbocycles. The van der Waals surface area contributed by atoms with Crippen molar-refractivity contribution in [1.29, 1.82) is 0 Å². The molecule has 2 unspecified atom stereocenters. The van der Waals surface area contributed by atoms with E-state index in [9.17, 15) is 14.7 Å². The van der Waals surface area contributed by atoms with Gasteiger partial charge in [-0.2, -0.15) is 0 Å². The first-order valence-electron chi connectivity index (χ1n) is 11.5. The lowest BCUT2D eigenvalue weighted by molar-refractivity contribution is -0.139. The van der Waals surface area contributed by atoms with Gasteiger partial charge in [-0.15, -0.1) is 0 Å². The number of methoxy groups -OCH3 is 4. The number of carboxylic acid groups (broad SMARTS) is 1. The molecule has 0 radical (unpaired) electrons. The fraction of sp³-hybridized carbons (Fsp3) is 0.286. The fourth-order valence-electron chi connectivity index (χ4n) is 4.49. The van der Waals surface area contributed by atoms with Crippen LogP contribution in [0.1, 0.15) is 27.4 Å². The van der Waals surface area contributed by atoms with Gasteiger partial charge >= 0.3 is 5.97 Å². The Bertz CT molecular complexity index is 1260. The molecule has 0 fully saturated rings.